The lowest BCUT2D eigenvalue weighted by atomic mass is 10.0. The van der Waals surface area contributed by atoms with Crippen LogP contribution >= 0.6 is 0 Å². The average molecular weight is 437 g/mol. The van der Waals surface area contributed by atoms with Gasteiger partial charge in [0.05, 0.1) is 7.11 Å². The van der Waals surface area contributed by atoms with Gasteiger partial charge < -0.3 is 19.6 Å². The SMILES string of the molecule is COc1ccc2cc(-c3cccc(NC(=O)c4cc5cccc(O)c5oc4=O)c3)ccc2c1. The van der Waals surface area contributed by atoms with E-state index in [-0.39, 0.29) is 16.9 Å². The summed E-state index contributed by atoms with van der Waals surface area (Å²) >= 11 is 0. The first-order valence-corrected chi connectivity index (χ1v) is 10.3. The van der Waals surface area contributed by atoms with Crippen LogP contribution in [0.25, 0.3) is 32.9 Å². The molecule has 5 rings (SSSR count). The molecule has 1 aromatic heterocycles. The van der Waals surface area contributed by atoms with Gasteiger partial charge in [-0.25, -0.2) is 4.79 Å². The topological polar surface area (TPSA) is 88.8 Å². The minimum Gasteiger partial charge on any atom is -0.504 e. The summed E-state index contributed by atoms with van der Waals surface area (Å²) in [6, 6.07) is 25.5. The predicted molar refractivity (Wildman–Crippen MR) is 128 cm³/mol. The maximum atomic E-state index is 12.8. The number of amides is 1. The number of methoxy groups -OCH3 is 1. The fourth-order valence-corrected chi connectivity index (χ4v) is 3.79. The second kappa shape index (κ2) is 8.16. The van der Waals surface area contributed by atoms with Crippen molar-refractivity contribution in [2.75, 3.05) is 12.4 Å². The summed E-state index contributed by atoms with van der Waals surface area (Å²) in [6.45, 7) is 0. The largest absolute Gasteiger partial charge is 0.504 e. The lowest BCUT2D eigenvalue weighted by Gasteiger charge is -2.09. The van der Waals surface area contributed by atoms with Crippen LogP contribution in [0, 0.1) is 0 Å². The number of hydrogen-bond donors (Lipinski definition) is 2. The Kier molecular flexibility index (Phi) is 5.03. The molecule has 2 N–H and O–H groups in total. The van der Waals surface area contributed by atoms with E-state index in [1.165, 1.54) is 12.1 Å². The first-order chi connectivity index (χ1) is 16.0. The first kappa shape index (κ1) is 20.3. The zero-order chi connectivity index (χ0) is 22.9. The molecular weight excluding hydrogens is 418 g/mol. The van der Waals surface area contributed by atoms with Gasteiger partial charge in [-0.3, -0.25) is 4.79 Å². The van der Waals surface area contributed by atoms with Crippen LogP contribution < -0.4 is 15.7 Å². The molecule has 0 saturated carbocycles. The molecule has 0 aliphatic heterocycles. The van der Waals surface area contributed by atoms with Gasteiger partial charge in [-0.2, -0.15) is 0 Å². The molecule has 0 radical (unpaired) electrons. The van der Waals surface area contributed by atoms with Crippen LogP contribution in [-0.2, 0) is 0 Å². The Morgan fingerprint density at radius 1 is 0.848 bits per heavy atom. The minimum atomic E-state index is -0.817. The summed E-state index contributed by atoms with van der Waals surface area (Å²) in [5.41, 5.74) is 1.55. The van der Waals surface area contributed by atoms with Gasteiger partial charge in [0.1, 0.15) is 11.3 Å². The lowest BCUT2D eigenvalue weighted by molar-refractivity contribution is 0.102. The van der Waals surface area contributed by atoms with Crippen molar-refractivity contribution < 1.29 is 19.1 Å². The molecule has 0 aliphatic rings. The highest BCUT2D eigenvalue weighted by atomic mass is 16.5. The van der Waals surface area contributed by atoms with Gasteiger partial charge in [0, 0.05) is 11.1 Å². The fraction of sp³-hybridized carbons (Fsp3) is 0.0370. The maximum Gasteiger partial charge on any atom is 0.349 e. The molecule has 0 atom stereocenters. The third kappa shape index (κ3) is 3.90. The summed E-state index contributed by atoms with van der Waals surface area (Å²) in [5, 5.41) is 15.2. The van der Waals surface area contributed by atoms with Crippen molar-refractivity contribution in [2.24, 2.45) is 0 Å². The number of anilines is 1. The summed E-state index contributed by atoms with van der Waals surface area (Å²) in [7, 11) is 1.64. The highest BCUT2D eigenvalue weighted by Crippen LogP contribution is 2.29. The van der Waals surface area contributed by atoms with E-state index in [0.717, 1.165) is 27.6 Å². The highest BCUT2D eigenvalue weighted by Gasteiger charge is 2.15. The van der Waals surface area contributed by atoms with Gasteiger partial charge in [-0.15, -0.1) is 0 Å². The molecule has 6 nitrogen and oxygen atoms in total. The minimum absolute atomic E-state index is 0.0509. The highest BCUT2D eigenvalue weighted by molar-refractivity contribution is 6.06. The average Bonchev–Trinajstić information content (AvgIpc) is 2.83. The maximum absolute atomic E-state index is 12.8. The van der Waals surface area contributed by atoms with Crippen LogP contribution in [0.1, 0.15) is 10.4 Å². The van der Waals surface area contributed by atoms with Crippen molar-refractivity contribution in [3.63, 3.8) is 0 Å². The molecule has 4 aromatic carbocycles. The standard InChI is InChI=1S/C27H19NO5/c1-32-22-11-10-18-12-17(8-9-19(18)14-22)16-4-2-6-21(13-16)28-26(30)23-15-20-5-3-7-24(29)25(20)33-27(23)31/h2-15,29H,1H3,(H,28,30). The number of phenolic OH excluding ortho intramolecular Hbond substituents is 1. The molecule has 1 heterocycles. The van der Waals surface area contributed by atoms with Gasteiger partial charge >= 0.3 is 5.63 Å². The molecule has 0 aliphatic carbocycles. The molecule has 0 spiro atoms. The number of hydrogen-bond acceptors (Lipinski definition) is 5. The van der Waals surface area contributed by atoms with Gasteiger partial charge in [0.15, 0.2) is 11.3 Å². The molecule has 1 amide bonds. The number of carbonyl (C=O) groups excluding carboxylic acids is 1. The third-order valence-corrected chi connectivity index (χ3v) is 5.49. The normalized spacial score (nSPS) is 10.9. The van der Waals surface area contributed by atoms with Gasteiger partial charge in [-0.1, -0.05) is 42.5 Å². The number of benzene rings is 4. The monoisotopic (exact) mass is 437 g/mol. The number of fused-ring (bicyclic) bond motifs is 2. The fourth-order valence-electron chi connectivity index (χ4n) is 3.79. The van der Waals surface area contributed by atoms with Crippen molar-refractivity contribution in [3.8, 4) is 22.6 Å². The molecule has 0 unspecified atom stereocenters. The predicted octanol–water partition coefficient (Wildman–Crippen LogP) is 5.58. The van der Waals surface area contributed by atoms with Crippen LogP contribution in [0.15, 0.2) is 94.1 Å². The van der Waals surface area contributed by atoms with E-state index in [1.807, 2.05) is 48.5 Å². The second-order valence-corrected chi connectivity index (χ2v) is 7.61. The molecule has 0 bridgehead atoms. The van der Waals surface area contributed by atoms with E-state index in [4.69, 9.17) is 9.15 Å². The van der Waals surface area contributed by atoms with Crippen LogP contribution in [0.4, 0.5) is 5.69 Å². The van der Waals surface area contributed by atoms with Crippen LogP contribution in [0.2, 0.25) is 0 Å². The van der Waals surface area contributed by atoms with Crippen LogP contribution in [-0.4, -0.2) is 18.1 Å². The van der Waals surface area contributed by atoms with Crippen LogP contribution in [0.5, 0.6) is 11.5 Å². The summed E-state index contributed by atoms with van der Waals surface area (Å²) in [5.74, 6) is 0.0585. The molecule has 0 saturated heterocycles. The number of carbonyl (C=O) groups is 1. The lowest BCUT2D eigenvalue weighted by Crippen LogP contribution is -2.20. The number of aromatic hydroxyl groups is 1. The number of ether oxygens (including phenoxy) is 1. The van der Waals surface area contributed by atoms with Crippen molar-refractivity contribution in [1.29, 1.82) is 0 Å². The number of rotatable bonds is 4. The van der Waals surface area contributed by atoms with E-state index < -0.39 is 11.5 Å². The quantitative estimate of drug-likeness (QED) is 0.358. The second-order valence-electron chi connectivity index (χ2n) is 7.61. The molecule has 6 heteroatoms. The summed E-state index contributed by atoms with van der Waals surface area (Å²) in [6.07, 6.45) is 0. The Balaban J connectivity index is 1.45. The van der Waals surface area contributed by atoms with Gasteiger partial charge in [-0.05, 0) is 64.4 Å². The zero-order valence-electron chi connectivity index (χ0n) is 17.7. The Hall–Kier alpha value is -4.58. The van der Waals surface area contributed by atoms with Crippen molar-refractivity contribution in [3.05, 3.63) is 101 Å². The molecular formula is C27H19NO5. The zero-order valence-corrected chi connectivity index (χ0v) is 17.7. The van der Waals surface area contributed by atoms with Gasteiger partial charge in [0.2, 0.25) is 0 Å². The Labute approximate surface area is 188 Å². The van der Waals surface area contributed by atoms with Crippen molar-refractivity contribution in [2.45, 2.75) is 0 Å². The molecule has 0 fully saturated rings. The smallest absolute Gasteiger partial charge is 0.349 e. The van der Waals surface area contributed by atoms with Crippen molar-refractivity contribution >= 4 is 33.3 Å². The Bertz CT molecular complexity index is 1590. The van der Waals surface area contributed by atoms with Crippen LogP contribution in [0.3, 0.4) is 0 Å². The van der Waals surface area contributed by atoms with Crippen molar-refractivity contribution in [1.82, 2.24) is 0 Å². The van der Waals surface area contributed by atoms with E-state index in [1.54, 1.807) is 25.3 Å². The third-order valence-electron chi connectivity index (χ3n) is 5.49. The van der Waals surface area contributed by atoms with E-state index in [0.29, 0.717) is 11.1 Å². The number of nitrogens with one attached hydrogen (secondary N) is 1. The molecule has 33 heavy (non-hydrogen) atoms. The summed E-state index contributed by atoms with van der Waals surface area (Å²) < 4.78 is 10.4. The van der Waals surface area contributed by atoms with Gasteiger partial charge in [0.25, 0.3) is 5.91 Å². The van der Waals surface area contributed by atoms with E-state index in [9.17, 15) is 14.7 Å². The molecule has 162 valence electrons. The van der Waals surface area contributed by atoms with E-state index >= 15 is 0 Å². The Morgan fingerprint density at radius 3 is 2.45 bits per heavy atom. The Morgan fingerprint density at radius 2 is 1.61 bits per heavy atom. The number of phenols is 1. The first-order valence-electron chi connectivity index (χ1n) is 10.3. The number of para-hydroxylation sites is 1. The van der Waals surface area contributed by atoms with E-state index in [2.05, 4.69) is 11.4 Å². The molecule has 5 aromatic rings. The summed E-state index contributed by atoms with van der Waals surface area (Å²) in [4.78, 5) is 25.1.